The van der Waals surface area contributed by atoms with E-state index in [0.29, 0.717) is 12.0 Å². The second-order valence-corrected chi connectivity index (χ2v) is 6.38. The van der Waals surface area contributed by atoms with Gasteiger partial charge in [0.15, 0.2) is 0 Å². The van der Waals surface area contributed by atoms with Crippen LogP contribution in [0.3, 0.4) is 0 Å². The van der Waals surface area contributed by atoms with Crippen molar-refractivity contribution in [1.82, 2.24) is 0 Å². The van der Waals surface area contributed by atoms with Crippen LogP contribution < -0.4 is 0 Å². The molecule has 1 aliphatic carbocycles. The second kappa shape index (κ2) is 7.35. The Kier molecular flexibility index (Phi) is 5.77. The van der Waals surface area contributed by atoms with Crippen molar-refractivity contribution in [2.24, 2.45) is 11.8 Å². The van der Waals surface area contributed by atoms with Crippen molar-refractivity contribution in [2.75, 3.05) is 12.4 Å². The molecule has 0 bridgehead atoms. The lowest BCUT2D eigenvalue weighted by molar-refractivity contribution is -0.00202. The lowest BCUT2D eigenvalue weighted by atomic mass is 9.80. The molecule has 0 radical (unpaired) electrons. The van der Waals surface area contributed by atoms with Gasteiger partial charge in [0.1, 0.15) is 0 Å². The average Bonchev–Trinajstić information content (AvgIpc) is 2.44. The summed E-state index contributed by atoms with van der Waals surface area (Å²) in [6, 6.07) is 10.6. The summed E-state index contributed by atoms with van der Waals surface area (Å²) in [5, 5.41) is 0. The molecule has 0 heterocycles. The van der Waals surface area contributed by atoms with Gasteiger partial charge in [-0.15, -0.1) is 0 Å². The Morgan fingerprint density at radius 2 is 1.89 bits per heavy atom. The van der Waals surface area contributed by atoms with E-state index in [1.807, 2.05) is 0 Å². The molecule has 1 nitrogen and oxygen atoms in total. The zero-order valence-electron chi connectivity index (χ0n) is 12.1. The van der Waals surface area contributed by atoms with Crippen LogP contribution in [0.15, 0.2) is 30.3 Å². The highest BCUT2D eigenvalue weighted by Gasteiger charge is 2.25. The van der Waals surface area contributed by atoms with Crippen molar-refractivity contribution in [3.63, 3.8) is 0 Å². The first-order valence-corrected chi connectivity index (χ1v) is 8.11. The Morgan fingerprint density at radius 1 is 1.16 bits per heavy atom. The summed E-state index contributed by atoms with van der Waals surface area (Å²) in [5.74, 6) is 2.92. The third-order valence-corrected chi connectivity index (χ3v) is 5.02. The first-order valence-electron chi connectivity index (χ1n) is 7.48. The van der Waals surface area contributed by atoms with Gasteiger partial charge >= 0.3 is 0 Å². The van der Waals surface area contributed by atoms with Crippen LogP contribution in [-0.4, -0.2) is 18.5 Å². The van der Waals surface area contributed by atoms with Crippen molar-refractivity contribution >= 4 is 12.6 Å². The first-order chi connectivity index (χ1) is 9.20. The van der Waals surface area contributed by atoms with Crippen molar-refractivity contribution < 1.29 is 4.74 Å². The van der Waals surface area contributed by atoms with Crippen molar-refractivity contribution in [2.45, 2.75) is 45.1 Å². The van der Waals surface area contributed by atoms with Crippen molar-refractivity contribution in [3.05, 3.63) is 35.9 Å². The van der Waals surface area contributed by atoms with Gasteiger partial charge in [0, 0.05) is 5.92 Å². The Balaban J connectivity index is 1.84. The fourth-order valence-electron chi connectivity index (χ4n) is 2.88. The van der Waals surface area contributed by atoms with Gasteiger partial charge in [-0.1, -0.05) is 44.2 Å². The van der Waals surface area contributed by atoms with Gasteiger partial charge in [0.25, 0.3) is 0 Å². The summed E-state index contributed by atoms with van der Waals surface area (Å²) in [4.78, 5) is 0. The molecule has 1 aliphatic rings. The molecular weight excluding hydrogens is 252 g/mol. The zero-order chi connectivity index (χ0) is 13.7. The highest BCUT2D eigenvalue weighted by Crippen LogP contribution is 2.31. The van der Waals surface area contributed by atoms with E-state index in [-0.39, 0.29) is 0 Å². The lowest BCUT2D eigenvalue weighted by Gasteiger charge is -2.32. The van der Waals surface area contributed by atoms with Gasteiger partial charge in [0.05, 0.1) is 12.7 Å². The van der Waals surface area contributed by atoms with Crippen LogP contribution in [0.2, 0.25) is 0 Å². The van der Waals surface area contributed by atoms with E-state index in [1.165, 1.54) is 24.8 Å². The zero-order valence-corrected chi connectivity index (χ0v) is 13.0. The van der Waals surface area contributed by atoms with E-state index < -0.39 is 0 Å². The SMILES string of the molecule is CC1CCC(OCC(CS)c2ccccc2)CC1C. The topological polar surface area (TPSA) is 9.23 Å². The average molecular weight is 278 g/mol. The fourth-order valence-corrected chi connectivity index (χ4v) is 3.20. The molecule has 0 amide bonds. The third kappa shape index (κ3) is 4.25. The normalized spacial score (nSPS) is 29.1. The maximum absolute atomic E-state index is 6.16. The van der Waals surface area contributed by atoms with Gasteiger partial charge < -0.3 is 4.74 Å². The Bertz CT molecular complexity index is 365. The van der Waals surface area contributed by atoms with Crippen LogP contribution in [-0.2, 0) is 4.74 Å². The number of rotatable bonds is 5. The van der Waals surface area contributed by atoms with Crippen LogP contribution in [0.4, 0.5) is 0 Å². The molecule has 1 aromatic carbocycles. The quantitative estimate of drug-likeness (QED) is 0.778. The molecule has 1 fully saturated rings. The van der Waals surface area contributed by atoms with Crippen LogP contribution in [0.1, 0.15) is 44.6 Å². The molecule has 4 atom stereocenters. The lowest BCUT2D eigenvalue weighted by Crippen LogP contribution is -2.28. The monoisotopic (exact) mass is 278 g/mol. The van der Waals surface area contributed by atoms with Crippen molar-refractivity contribution in [3.8, 4) is 0 Å². The minimum absolute atomic E-state index is 0.416. The van der Waals surface area contributed by atoms with Crippen LogP contribution in [0, 0.1) is 11.8 Å². The van der Waals surface area contributed by atoms with E-state index in [0.717, 1.165) is 24.2 Å². The Morgan fingerprint density at radius 3 is 2.53 bits per heavy atom. The summed E-state index contributed by atoms with van der Waals surface area (Å²) in [6.45, 7) is 5.52. The smallest absolute Gasteiger partial charge is 0.0578 e. The van der Waals surface area contributed by atoms with E-state index in [1.54, 1.807) is 0 Å². The molecule has 0 aliphatic heterocycles. The largest absolute Gasteiger partial charge is 0.378 e. The standard InChI is InChI=1S/C17H26OS/c1-13-8-9-17(10-14(13)2)18-11-16(12-19)15-6-4-3-5-7-15/h3-7,13-14,16-17,19H,8-12H2,1-2H3. The molecule has 0 saturated heterocycles. The highest BCUT2D eigenvalue weighted by molar-refractivity contribution is 7.80. The molecule has 19 heavy (non-hydrogen) atoms. The summed E-state index contributed by atoms with van der Waals surface area (Å²) in [7, 11) is 0. The van der Waals surface area contributed by atoms with Crippen LogP contribution in [0.25, 0.3) is 0 Å². The van der Waals surface area contributed by atoms with Crippen molar-refractivity contribution in [1.29, 1.82) is 0 Å². The molecular formula is C17H26OS. The van der Waals surface area contributed by atoms with Gasteiger partial charge in [-0.3, -0.25) is 0 Å². The van der Waals surface area contributed by atoms with E-state index in [9.17, 15) is 0 Å². The second-order valence-electron chi connectivity index (χ2n) is 6.01. The molecule has 2 heteroatoms. The molecule has 4 unspecified atom stereocenters. The molecule has 1 saturated carbocycles. The molecule has 0 N–H and O–H groups in total. The Labute approximate surface area is 123 Å². The minimum atomic E-state index is 0.416. The summed E-state index contributed by atoms with van der Waals surface area (Å²) >= 11 is 4.48. The molecule has 106 valence electrons. The maximum Gasteiger partial charge on any atom is 0.0578 e. The van der Waals surface area contributed by atoms with Gasteiger partial charge in [-0.2, -0.15) is 12.6 Å². The molecule has 0 spiro atoms. The predicted octanol–water partition coefficient (Wildman–Crippen LogP) is 4.54. The summed E-state index contributed by atoms with van der Waals surface area (Å²) in [5.41, 5.74) is 1.34. The van der Waals surface area contributed by atoms with Crippen LogP contribution in [0.5, 0.6) is 0 Å². The van der Waals surface area contributed by atoms with E-state index in [2.05, 4.69) is 56.8 Å². The first kappa shape index (κ1) is 14.9. The number of hydrogen-bond donors (Lipinski definition) is 1. The summed E-state index contributed by atoms with van der Waals surface area (Å²) in [6.07, 6.45) is 4.20. The highest BCUT2D eigenvalue weighted by atomic mass is 32.1. The molecule has 2 rings (SSSR count). The number of benzene rings is 1. The van der Waals surface area contributed by atoms with Crippen LogP contribution >= 0.6 is 12.6 Å². The fraction of sp³-hybridized carbons (Fsp3) is 0.647. The Hall–Kier alpha value is -0.470. The molecule has 0 aromatic heterocycles. The third-order valence-electron chi connectivity index (χ3n) is 4.57. The van der Waals surface area contributed by atoms with E-state index >= 15 is 0 Å². The summed E-state index contributed by atoms with van der Waals surface area (Å²) < 4.78 is 6.16. The maximum atomic E-state index is 6.16. The predicted molar refractivity (Wildman–Crippen MR) is 85.0 cm³/mol. The molecule has 1 aromatic rings. The minimum Gasteiger partial charge on any atom is -0.378 e. The number of ether oxygens (including phenoxy) is 1. The van der Waals surface area contributed by atoms with Gasteiger partial charge in [-0.25, -0.2) is 0 Å². The van der Waals surface area contributed by atoms with Gasteiger partial charge in [0.2, 0.25) is 0 Å². The van der Waals surface area contributed by atoms with Gasteiger partial charge in [-0.05, 0) is 42.4 Å². The number of thiol groups is 1. The van der Waals surface area contributed by atoms with E-state index in [4.69, 9.17) is 4.74 Å². The number of hydrogen-bond acceptors (Lipinski definition) is 2.